The molecule has 18 heavy (non-hydrogen) atoms. The SMILES string of the molecule is [2H]C([2H])([2H])C([2H])(C([2H])([2H])[2H])C([2H])(CNCC(=O)O)NC(=O)OC(C)(C)C. The molecule has 0 saturated carbocycles. The summed E-state index contributed by atoms with van der Waals surface area (Å²) in [4.78, 5) is 22.7. The molecule has 3 N–H and O–H groups in total. The maximum atomic E-state index is 12.0. The fraction of sp³-hybridized carbons (Fsp3) is 0.833. The van der Waals surface area contributed by atoms with Gasteiger partial charge in [-0.2, -0.15) is 0 Å². The lowest BCUT2D eigenvalue weighted by Crippen LogP contribution is -2.47. The number of amides is 1. The highest BCUT2D eigenvalue weighted by Crippen LogP contribution is 2.08. The van der Waals surface area contributed by atoms with Crippen molar-refractivity contribution < 1.29 is 30.4 Å². The largest absolute Gasteiger partial charge is 0.480 e. The van der Waals surface area contributed by atoms with Crippen LogP contribution in [0.25, 0.3) is 0 Å². The van der Waals surface area contributed by atoms with E-state index >= 15 is 0 Å². The summed E-state index contributed by atoms with van der Waals surface area (Å²) in [5, 5.41) is 12.6. The van der Waals surface area contributed by atoms with Gasteiger partial charge in [-0.15, -0.1) is 0 Å². The lowest BCUT2D eigenvalue weighted by molar-refractivity contribution is -0.135. The zero-order valence-electron chi connectivity index (χ0n) is 18.6. The van der Waals surface area contributed by atoms with Crippen molar-refractivity contribution >= 4 is 12.1 Å². The molecule has 0 fully saturated rings. The molecule has 6 nitrogen and oxygen atoms in total. The van der Waals surface area contributed by atoms with Crippen LogP contribution in [0.15, 0.2) is 0 Å². The number of alkyl carbamates (subject to hydrolysis) is 1. The first-order valence-electron chi connectivity index (χ1n) is 9.20. The molecular weight excluding hydrogens is 236 g/mol. The van der Waals surface area contributed by atoms with Gasteiger partial charge in [-0.3, -0.25) is 4.79 Å². The summed E-state index contributed by atoms with van der Waals surface area (Å²) in [5.74, 6) is -4.84. The van der Waals surface area contributed by atoms with Crippen molar-refractivity contribution in [1.29, 1.82) is 0 Å². The van der Waals surface area contributed by atoms with Gasteiger partial charge in [0.05, 0.1) is 7.92 Å². The lowest BCUT2D eigenvalue weighted by atomic mass is 10.0. The van der Waals surface area contributed by atoms with Crippen molar-refractivity contribution in [2.75, 3.05) is 13.1 Å². The fourth-order valence-electron chi connectivity index (χ4n) is 0.916. The van der Waals surface area contributed by atoms with E-state index in [1.54, 1.807) is 0 Å². The Balaban J connectivity index is 6.02. The zero-order valence-corrected chi connectivity index (χ0v) is 10.6. The topological polar surface area (TPSA) is 87.7 Å². The van der Waals surface area contributed by atoms with Crippen molar-refractivity contribution in [3.8, 4) is 0 Å². The Labute approximate surface area is 119 Å². The van der Waals surface area contributed by atoms with E-state index in [0.717, 1.165) is 0 Å². The Bertz CT molecular complexity index is 515. The number of carboxylic acid groups (broad SMARTS) is 1. The zero-order chi connectivity index (χ0) is 21.2. The number of nitrogens with one attached hydrogen (secondary N) is 2. The van der Waals surface area contributed by atoms with Crippen LogP contribution in [0.3, 0.4) is 0 Å². The van der Waals surface area contributed by atoms with Crippen LogP contribution in [0, 0.1) is 5.89 Å². The van der Waals surface area contributed by atoms with E-state index in [0.29, 0.717) is 0 Å². The van der Waals surface area contributed by atoms with Crippen LogP contribution in [0.1, 0.15) is 45.4 Å². The van der Waals surface area contributed by atoms with Gasteiger partial charge >= 0.3 is 12.1 Å². The lowest BCUT2D eigenvalue weighted by Gasteiger charge is -2.25. The van der Waals surface area contributed by atoms with E-state index in [1.807, 2.05) is 5.32 Å². The molecule has 0 aliphatic heterocycles. The third-order valence-corrected chi connectivity index (χ3v) is 1.53. The van der Waals surface area contributed by atoms with Crippen molar-refractivity contribution in [3.63, 3.8) is 0 Å². The maximum absolute atomic E-state index is 12.0. The monoisotopic (exact) mass is 268 g/mol. The van der Waals surface area contributed by atoms with Gasteiger partial charge < -0.3 is 20.5 Å². The Morgan fingerprint density at radius 1 is 1.44 bits per heavy atom. The number of aliphatic carboxylic acids is 1. The van der Waals surface area contributed by atoms with E-state index in [1.165, 1.54) is 20.8 Å². The van der Waals surface area contributed by atoms with Crippen LogP contribution >= 0.6 is 0 Å². The van der Waals surface area contributed by atoms with E-state index < -0.39 is 56.4 Å². The predicted molar refractivity (Wildman–Crippen MR) is 68.5 cm³/mol. The molecule has 0 spiro atoms. The molecule has 0 aliphatic rings. The molecule has 1 amide bonds. The number of hydrogen-bond acceptors (Lipinski definition) is 4. The smallest absolute Gasteiger partial charge is 0.407 e. The minimum Gasteiger partial charge on any atom is -0.480 e. The van der Waals surface area contributed by atoms with Gasteiger partial charge in [-0.1, -0.05) is 13.7 Å². The number of hydrogen-bond donors (Lipinski definition) is 3. The van der Waals surface area contributed by atoms with Gasteiger partial charge in [0.2, 0.25) is 0 Å². The molecule has 0 bridgehead atoms. The van der Waals surface area contributed by atoms with Crippen LogP contribution in [0.5, 0.6) is 0 Å². The van der Waals surface area contributed by atoms with E-state index in [4.69, 9.17) is 20.8 Å². The molecule has 0 aliphatic carbocycles. The van der Waals surface area contributed by atoms with Crippen LogP contribution in [-0.4, -0.2) is 41.9 Å². The molecule has 0 aromatic heterocycles. The summed E-state index contributed by atoms with van der Waals surface area (Å²) in [6, 6.07) is -2.96. The number of carboxylic acids is 1. The summed E-state index contributed by atoms with van der Waals surface area (Å²) in [6.07, 6.45) is -1.31. The van der Waals surface area contributed by atoms with Gasteiger partial charge in [0.1, 0.15) is 5.60 Å². The average molecular weight is 268 g/mol. The summed E-state index contributed by atoms with van der Waals surface area (Å²) in [6.45, 7) is -4.24. The quantitative estimate of drug-likeness (QED) is 0.674. The van der Waals surface area contributed by atoms with Crippen LogP contribution in [0.2, 0.25) is 0 Å². The van der Waals surface area contributed by atoms with Crippen molar-refractivity contribution in [3.05, 3.63) is 0 Å². The number of rotatable bonds is 6. The second-order valence-corrected chi connectivity index (χ2v) is 4.48. The molecule has 1 atom stereocenters. The molecule has 0 aromatic carbocycles. The molecule has 0 radical (unpaired) electrons. The van der Waals surface area contributed by atoms with Crippen LogP contribution in [0.4, 0.5) is 4.79 Å². The highest BCUT2D eigenvalue weighted by atomic mass is 16.6. The van der Waals surface area contributed by atoms with Gasteiger partial charge in [-0.05, 0) is 26.7 Å². The first-order chi connectivity index (χ1) is 11.3. The van der Waals surface area contributed by atoms with Gasteiger partial charge in [0.25, 0.3) is 0 Å². The normalized spacial score (nSPS) is 23.5. The Morgan fingerprint density at radius 3 is 2.50 bits per heavy atom. The maximum Gasteiger partial charge on any atom is 0.407 e. The molecular formula is C12H24N2O4. The minimum atomic E-state index is -3.51. The summed E-state index contributed by atoms with van der Waals surface area (Å²) in [5.41, 5.74) is -1.04. The standard InChI is InChI=1S/C12H24N2O4/c1-8(2)9(6-13-7-10(15)16)14-11(17)18-12(3,4)5/h8-9,13H,6-7H2,1-5H3,(H,14,17)(H,15,16)/i1D3,2D3,8D,9D. The predicted octanol–water partition coefficient (Wildman–Crippen LogP) is 1.21. The highest BCUT2D eigenvalue weighted by molar-refractivity contribution is 5.69. The van der Waals surface area contributed by atoms with E-state index in [-0.39, 0.29) is 0 Å². The molecule has 0 aromatic rings. The second-order valence-electron chi connectivity index (χ2n) is 4.48. The first-order valence-corrected chi connectivity index (χ1v) is 5.20. The number of carbonyl (C=O) groups is 2. The summed E-state index contributed by atoms with van der Waals surface area (Å²) in [7, 11) is 0. The van der Waals surface area contributed by atoms with Gasteiger partial charge in [0, 0.05) is 22.2 Å². The molecule has 0 heterocycles. The highest BCUT2D eigenvalue weighted by Gasteiger charge is 2.21. The number of carbonyl (C=O) groups excluding carboxylic acids is 1. The fourth-order valence-corrected chi connectivity index (χ4v) is 0.916. The van der Waals surface area contributed by atoms with Crippen LogP contribution < -0.4 is 10.6 Å². The summed E-state index contributed by atoms with van der Waals surface area (Å²) >= 11 is 0. The first kappa shape index (κ1) is 7.33. The number of ether oxygens (including phenoxy) is 1. The van der Waals surface area contributed by atoms with Gasteiger partial charge in [-0.25, -0.2) is 4.79 Å². The molecule has 1 unspecified atom stereocenters. The molecule has 0 rings (SSSR count). The third-order valence-electron chi connectivity index (χ3n) is 1.53. The second kappa shape index (κ2) is 7.20. The Kier molecular flexibility index (Phi) is 2.93. The molecule has 6 heteroatoms. The van der Waals surface area contributed by atoms with Crippen LogP contribution in [-0.2, 0) is 9.53 Å². The van der Waals surface area contributed by atoms with Crippen molar-refractivity contribution in [2.24, 2.45) is 5.89 Å². The van der Waals surface area contributed by atoms with Crippen molar-refractivity contribution in [1.82, 2.24) is 10.6 Å². The summed E-state index contributed by atoms with van der Waals surface area (Å²) < 4.78 is 66.2. The van der Waals surface area contributed by atoms with E-state index in [9.17, 15) is 9.59 Å². The Hall–Kier alpha value is -1.30. The molecule has 106 valence electrons. The Morgan fingerprint density at radius 2 is 2.06 bits per heavy atom. The minimum absolute atomic E-state index is 0.741. The van der Waals surface area contributed by atoms with Gasteiger partial charge in [0.15, 0.2) is 0 Å². The van der Waals surface area contributed by atoms with Crippen molar-refractivity contribution in [2.45, 2.75) is 46.1 Å². The third kappa shape index (κ3) is 8.81. The molecule has 0 saturated heterocycles. The van der Waals surface area contributed by atoms with E-state index in [2.05, 4.69) is 5.32 Å². The average Bonchev–Trinajstić information content (AvgIpc) is 2.31.